The van der Waals surface area contributed by atoms with Gasteiger partial charge in [0.05, 0.1) is 31.5 Å². The van der Waals surface area contributed by atoms with Gasteiger partial charge in [0, 0.05) is 0 Å². The van der Waals surface area contributed by atoms with Crippen molar-refractivity contribution >= 4 is 25.7 Å². The zero-order chi connectivity index (χ0) is 19.2. The number of halogens is 2. The van der Waals surface area contributed by atoms with E-state index in [9.17, 15) is 18.4 Å². The summed E-state index contributed by atoms with van der Waals surface area (Å²) in [4.78, 5) is 22.9. The molecular weight excluding hydrogens is 348 g/mol. The van der Waals surface area contributed by atoms with E-state index < -0.39 is 37.3 Å². The zero-order valence-corrected chi connectivity index (χ0v) is 15.6. The van der Waals surface area contributed by atoms with E-state index >= 15 is 0 Å². The van der Waals surface area contributed by atoms with Gasteiger partial charge in [-0.2, -0.15) is 0 Å². The lowest BCUT2D eigenvalue weighted by molar-refractivity contribution is -0.138. The molecule has 25 heavy (non-hydrogen) atoms. The van der Waals surface area contributed by atoms with Crippen LogP contribution >= 0.6 is 0 Å². The van der Waals surface area contributed by atoms with E-state index in [1.807, 2.05) is 19.6 Å². The van der Waals surface area contributed by atoms with Crippen molar-refractivity contribution in [3.05, 3.63) is 41.1 Å². The quantitative estimate of drug-likeness (QED) is 0.384. The molecule has 1 rings (SSSR count). The summed E-state index contributed by atoms with van der Waals surface area (Å²) in [6.07, 6.45) is 0.780. The summed E-state index contributed by atoms with van der Waals surface area (Å²) in [6.45, 7) is 5.93. The molecule has 0 aliphatic rings. The van der Waals surface area contributed by atoms with Gasteiger partial charge < -0.3 is 14.8 Å². The Bertz CT molecular complexity index is 773. The largest absolute Gasteiger partial charge is 0.466 e. The van der Waals surface area contributed by atoms with Crippen molar-refractivity contribution in [3.63, 3.8) is 0 Å². The molecule has 0 fully saturated rings. The summed E-state index contributed by atoms with van der Waals surface area (Å²) in [6, 6.07) is 2.52. The lowest BCUT2D eigenvalue weighted by Crippen LogP contribution is -2.17. The molecule has 0 heterocycles. The van der Waals surface area contributed by atoms with E-state index in [1.54, 1.807) is 0 Å². The fraction of sp³-hybridized carbons (Fsp3) is 0.294. The molecule has 5 nitrogen and oxygen atoms in total. The minimum Gasteiger partial charge on any atom is -0.466 e. The van der Waals surface area contributed by atoms with Gasteiger partial charge in [-0.05, 0) is 12.1 Å². The summed E-state index contributed by atoms with van der Waals surface area (Å²) in [5.41, 5.74) is 2.13. The van der Waals surface area contributed by atoms with Crippen molar-refractivity contribution in [1.82, 2.24) is 0 Å². The van der Waals surface area contributed by atoms with Crippen LogP contribution in [0.2, 0.25) is 19.6 Å². The van der Waals surface area contributed by atoms with Gasteiger partial charge in [-0.1, -0.05) is 25.6 Å². The highest BCUT2D eigenvalue weighted by Crippen LogP contribution is 2.22. The first kappa shape index (κ1) is 20.4. The predicted molar refractivity (Wildman–Crippen MR) is 92.3 cm³/mol. The maximum atomic E-state index is 14.2. The van der Waals surface area contributed by atoms with Gasteiger partial charge in [0.25, 0.3) is 0 Å². The number of hydrogen-bond acceptors (Lipinski definition) is 5. The number of benzene rings is 1. The Morgan fingerprint density at radius 1 is 1.12 bits per heavy atom. The van der Waals surface area contributed by atoms with E-state index in [0.717, 1.165) is 20.3 Å². The second-order valence-corrected chi connectivity index (χ2v) is 10.7. The van der Waals surface area contributed by atoms with Crippen molar-refractivity contribution in [1.29, 1.82) is 0 Å². The van der Waals surface area contributed by atoms with Crippen molar-refractivity contribution in [2.75, 3.05) is 19.5 Å². The topological polar surface area (TPSA) is 64.6 Å². The molecule has 0 saturated heterocycles. The Morgan fingerprint density at radius 2 is 1.76 bits per heavy atom. The highest BCUT2D eigenvalue weighted by Gasteiger charge is 2.18. The van der Waals surface area contributed by atoms with Gasteiger partial charge in [-0.15, -0.1) is 5.54 Å². The summed E-state index contributed by atoms with van der Waals surface area (Å²) in [5, 5.41) is 2.33. The number of ether oxygens (including phenoxy) is 2. The van der Waals surface area contributed by atoms with Crippen LogP contribution in [0, 0.1) is 23.1 Å². The third-order valence-electron chi connectivity index (χ3n) is 2.79. The molecule has 0 saturated carbocycles. The number of carbonyl (C=O) groups excluding carboxylic acids is 2. The number of anilines is 1. The SMILES string of the molecule is COC(=O)/C=C(/Nc1ccc(C#C[Si](C)(C)C)c(F)c1F)C(=O)OC. The lowest BCUT2D eigenvalue weighted by atomic mass is 10.2. The molecule has 0 bridgehead atoms. The molecule has 0 unspecified atom stereocenters. The van der Waals surface area contributed by atoms with Crippen LogP contribution in [0.4, 0.5) is 14.5 Å². The van der Waals surface area contributed by atoms with Crippen molar-refractivity contribution in [3.8, 4) is 11.5 Å². The third-order valence-corrected chi connectivity index (χ3v) is 3.67. The smallest absolute Gasteiger partial charge is 0.354 e. The third kappa shape index (κ3) is 6.04. The first-order valence-electron chi connectivity index (χ1n) is 7.25. The molecule has 0 atom stereocenters. The first-order chi connectivity index (χ1) is 11.6. The Labute approximate surface area is 146 Å². The molecule has 0 aliphatic carbocycles. The lowest BCUT2D eigenvalue weighted by Gasteiger charge is -2.11. The molecule has 0 aliphatic heterocycles. The number of carbonyl (C=O) groups is 2. The van der Waals surface area contributed by atoms with E-state index in [1.165, 1.54) is 12.1 Å². The maximum Gasteiger partial charge on any atom is 0.354 e. The highest BCUT2D eigenvalue weighted by molar-refractivity contribution is 6.83. The number of hydrogen-bond donors (Lipinski definition) is 1. The van der Waals surface area contributed by atoms with E-state index in [4.69, 9.17) is 0 Å². The minimum atomic E-state index is -1.75. The molecule has 1 N–H and O–H groups in total. The van der Waals surface area contributed by atoms with Crippen LogP contribution < -0.4 is 5.32 Å². The van der Waals surface area contributed by atoms with Gasteiger partial charge in [0.2, 0.25) is 0 Å². The molecule has 0 aromatic heterocycles. The van der Waals surface area contributed by atoms with Crippen LogP contribution in [-0.2, 0) is 19.1 Å². The van der Waals surface area contributed by atoms with Crippen molar-refractivity contribution < 1.29 is 27.8 Å². The Morgan fingerprint density at radius 3 is 2.28 bits per heavy atom. The van der Waals surface area contributed by atoms with Crippen LogP contribution in [0.15, 0.2) is 23.9 Å². The van der Waals surface area contributed by atoms with Gasteiger partial charge in [-0.25, -0.2) is 18.4 Å². The van der Waals surface area contributed by atoms with Crippen LogP contribution in [0.25, 0.3) is 0 Å². The van der Waals surface area contributed by atoms with Gasteiger partial charge in [-0.3, -0.25) is 0 Å². The minimum absolute atomic E-state index is 0.0814. The second kappa shape index (κ2) is 8.44. The van der Waals surface area contributed by atoms with Gasteiger partial charge >= 0.3 is 11.9 Å². The molecule has 1 aromatic rings. The summed E-state index contributed by atoms with van der Waals surface area (Å²) < 4.78 is 37.3. The number of nitrogens with one attached hydrogen (secondary N) is 1. The normalized spacial score (nSPS) is 11.2. The van der Waals surface area contributed by atoms with E-state index in [-0.39, 0.29) is 11.3 Å². The monoisotopic (exact) mass is 367 g/mol. The van der Waals surface area contributed by atoms with Gasteiger partial charge in [0.1, 0.15) is 13.8 Å². The summed E-state index contributed by atoms with van der Waals surface area (Å²) in [5.74, 6) is -1.52. The summed E-state index contributed by atoms with van der Waals surface area (Å²) >= 11 is 0. The molecule has 0 amide bonds. The van der Waals surface area contributed by atoms with Crippen LogP contribution in [0.3, 0.4) is 0 Å². The fourth-order valence-electron chi connectivity index (χ4n) is 1.58. The number of rotatable bonds is 4. The van der Waals surface area contributed by atoms with Crippen molar-refractivity contribution in [2.24, 2.45) is 0 Å². The standard InChI is InChI=1S/C17H19F2NO4Si/c1-23-14(21)10-13(17(22)24-2)20-12-7-6-11(15(18)16(12)19)8-9-25(3,4)5/h6-7,10,20H,1-5H3/b13-10+. The van der Waals surface area contributed by atoms with Crippen molar-refractivity contribution in [2.45, 2.75) is 19.6 Å². The molecular formula is C17H19F2NO4Si. The van der Waals surface area contributed by atoms with E-state index in [2.05, 4.69) is 26.3 Å². The zero-order valence-electron chi connectivity index (χ0n) is 14.6. The Balaban J connectivity index is 3.23. The van der Waals surface area contributed by atoms with Gasteiger partial charge in [0.15, 0.2) is 11.6 Å². The van der Waals surface area contributed by atoms with Crippen LogP contribution in [-0.4, -0.2) is 34.2 Å². The Kier molecular flexibility index (Phi) is 6.88. The Hall–Kier alpha value is -2.66. The number of methoxy groups -OCH3 is 2. The summed E-state index contributed by atoms with van der Waals surface area (Å²) in [7, 11) is 0.445. The maximum absolute atomic E-state index is 14.2. The average Bonchev–Trinajstić information content (AvgIpc) is 2.55. The molecule has 134 valence electrons. The molecule has 0 radical (unpaired) electrons. The fourth-order valence-corrected chi connectivity index (χ4v) is 2.08. The predicted octanol–water partition coefficient (Wildman–Crippen LogP) is 2.84. The average molecular weight is 367 g/mol. The molecule has 1 aromatic carbocycles. The van der Waals surface area contributed by atoms with Crippen LogP contribution in [0.1, 0.15) is 5.56 Å². The van der Waals surface area contributed by atoms with Crippen LogP contribution in [0.5, 0.6) is 0 Å². The van der Waals surface area contributed by atoms with E-state index in [0.29, 0.717) is 0 Å². The number of esters is 2. The second-order valence-electron chi connectivity index (χ2n) is 5.99. The highest BCUT2D eigenvalue weighted by atomic mass is 28.3. The molecule has 0 spiro atoms. The molecule has 8 heteroatoms. The first-order valence-corrected chi connectivity index (χ1v) is 10.7.